The van der Waals surface area contributed by atoms with Crippen LogP contribution in [0.1, 0.15) is 10.6 Å². The van der Waals surface area contributed by atoms with Crippen molar-refractivity contribution in [2.24, 2.45) is 0 Å². The van der Waals surface area contributed by atoms with Crippen molar-refractivity contribution in [2.45, 2.75) is 18.2 Å². The second-order valence-corrected chi connectivity index (χ2v) is 6.51. The number of carbonyl (C=O) groups is 1. The van der Waals surface area contributed by atoms with Gasteiger partial charge in [0.15, 0.2) is 0 Å². The van der Waals surface area contributed by atoms with E-state index in [1.807, 2.05) is 50.0 Å². The zero-order valence-electron chi connectivity index (χ0n) is 12.4. The van der Waals surface area contributed by atoms with E-state index in [0.29, 0.717) is 6.54 Å². The van der Waals surface area contributed by atoms with E-state index in [-0.39, 0.29) is 6.03 Å². The molecule has 0 aliphatic heterocycles. The zero-order chi connectivity index (χ0) is 15.2. The smallest absolute Gasteiger partial charge is 0.321 e. The van der Waals surface area contributed by atoms with E-state index in [4.69, 9.17) is 0 Å². The first kappa shape index (κ1) is 15.9. The summed E-state index contributed by atoms with van der Waals surface area (Å²) in [6.45, 7) is 2.68. The second-order valence-electron chi connectivity index (χ2n) is 4.69. The molecule has 0 saturated carbocycles. The standard InChI is InChI=1S/C15H19N3OS2/c1-11-14(21-10-16-11)8-9-18(2)15(19)17-12-4-6-13(20-3)7-5-12/h4-7,10H,8-9H2,1-3H3,(H,17,19). The summed E-state index contributed by atoms with van der Waals surface area (Å²) >= 11 is 3.32. The molecule has 0 aliphatic carbocycles. The maximum atomic E-state index is 12.1. The Balaban J connectivity index is 1.85. The third-order valence-corrected chi connectivity index (χ3v) is 4.95. The normalized spacial score (nSPS) is 10.4. The Labute approximate surface area is 133 Å². The van der Waals surface area contributed by atoms with Crippen LogP contribution >= 0.6 is 23.1 Å². The van der Waals surface area contributed by atoms with Gasteiger partial charge in [-0.15, -0.1) is 23.1 Å². The highest BCUT2D eigenvalue weighted by atomic mass is 32.2. The Bertz CT molecular complexity index is 595. The number of anilines is 1. The first-order valence-corrected chi connectivity index (χ1v) is 8.75. The van der Waals surface area contributed by atoms with Crippen LogP contribution in [-0.4, -0.2) is 35.8 Å². The third kappa shape index (κ3) is 4.47. The van der Waals surface area contributed by atoms with Gasteiger partial charge in [-0.05, 0) is 37.4 Å². The fourth-order valence-corrected chi connectivity index (χ4v) is 3.01. The van der Waals surface area contributed by atoms with Gasteiger partial charge < -0.3 is 10.2 Å². The summed E-state index contributed by atoms with van der Waals surface area (Å²) in [6, 6.07) is 7.76. The fraction of sp³-hybridized carbons (Fsp3) is 0.333. The summed E-state index contributed by atoms with van der Waals surface area (Å²) in [5.74, 6) is 0. The minimum atomic E-state index is -0.0888. The molecule has 2 amide bonds. The SMILES string of the molecule is CSc1ccc(NC(=O)N(C)CCc2scnc2C)cc1. The van der Waals surface area contributed by atoms with Crippen LogP contribution in [0.25, 0.3) is 0 Å². The Kier molecular flexibility index (Phi) is 5.64. The average molecular weight is 321 g/mol. The van der Waals surface area contributed by atoms with E-state index in [1.54, 1.807) is 28.0 Å². The van der Waals surface area contributed by atoms with E-state index < -0.39 is 0 Å². The average Bonchev–Trinajstić information content (AvgIpc) is 2.90. The second kappa shape index (κ2) is 7.47. The highest BCUT2D eigenvalue weighted by Gasteiger charge is 2.10. The minimum absolute atomic E-state index is 0.0888. The number of amides is 2. The monoisotopic (exact) mass is 321 g/mol. The zero-order valence-corrected chi connectivity index (χ0v) is 14.1. The largest absolute Gasteiger partial charge is 0.327 e. The molecule has 0 spiro atoms. The maximum absolute atomic E-state index is 12.1. The van der Waals surface area contributed by atoms with Crippen molar-refractivity contribution in [2.75, 3.05) is 25.2 Å². The van der Waals surface area contributed by atoms with Crippen molar-refractivity contribution in [3.05, 3.63) is 40.3 Å². The molecule has 1 aromatic carbocycles. The number of hydrogen-bond acceptors (Lipinski definition) is 4. The Morgan fingerprint density at radius 2 is 2.10 bits per heavy atom. The molecule has 0 aliphatic rings. The number of thiazole rings is 1. The molecule has 112 valence electrons. The Morgan fingerprint density at radius 3 is 2.67 bits per heavy atom. The van der Waals surface area contributed by atoms with Crippen molar-refractivity contribution >= 4 is 34.8 Å². The molecule has 0 atom stereocenters. The molecule has 0 bridgehead atoms. The number of nitrogens with zero attached hydrogens (tertiary/aromatic N) is 2. The molecular formula is C15H19N3OS2. The van der Waals surface area contributed by atoms with Crippen molar-refractivity contribution in [3.63, 3.8) is 0 Å². The first-order valence-electron chi connectivity index (χ1n) is 6.65. The van der Waals surface area contributed by atoms with Gasteiger partial charge in [-0.25, -0.2) is 9.78 Å². The number of rotatable bonds is 5. The van der Waals surface area contributed by atoms with Crippen molar-refractivity contribution in [1.82, 2.24) is 9.88 Å². The van der Waals surface area contributed by atoms with E-state index in [0.717, 1.165) is 17.8 Å². The van der Waals surface area contributed by atoms with Gasteiger partial charge in [0.25, 0.3) is 0 Å². The number of likely N-dealkylation sites (N-methyl/N-ethyl adjacent to an activating group) is 1. The molecule has 1 heterocycles. The van der Waals surface area contributed by atoms with E-state index in [1.165, 1.54) is 9.77 Å². The van der Waals surface area contributed by atoms with Crippen molar-refractivity contribution in [3.8, 4) is 0 Å². The molecular weight excluding hydrogens is 302 g/mol. The lowest BCUT2D eigenvalue weighted by Crippen LogP contribution is -2.32. The number of aromatic nitrogens is 1. The fourth-order valence-electron chi connectivity index (χ4n) is 1.83. The van der Waals surface area contributed by atoms with Crippen LogP contribution in [0.4, 0.5) is 10.5 Å². The molecule has 0 fully saturated rings. The van der Waals surface area contributed by atoms with Crippen molar-refractivity contribution in [1.29, 1.82) is 0 Å². The van der Waals surface area contributed by atoms with Gasteiger partial charge >= 0.3 is 6.03 Å². The van der Waals surface area contributed by atoms with Gasteiger partial charge in [-0.1, -0.05) is 0 Å². The van der Waals surface area contributed by atoms with Crippen LogP contribution in [0, 0.1) is 6.92 Å². The quantitative estimate of drug-likeness (QED) is 0.850. The number of carbonyl (C=O) groups excluding carboxylic acids is 1. The molecule has 1 aromatic heterocycles. The maximum Gasteiger partial charge on any atom is 0.321 e. The van der Waals surface area contributed by atoms with Gasteiger partial charge in [-0.3, -0.25) is 0 Å². The number of hydrogen-bond donors (Lipinski definition) is 1. The van der Waals surface area contributed by atoms with Gasteiger partial charge in [0.1, 0.15) is 0 Å². The van der Waals surface area contributed by atoms with Gasteiger partial charge in [0.2, 0.25) is 0 Å². The summed E-state index contributed by atoms with van der Waals surface area (Å²) in [4.78, 5) is 20.4. The molecule has 0 unspecified atom stereocenters. The minimum Gasteiger partial charge on any atom is -0.327 e. The Morgan fingerprint density at radius 1 is 1.38 bits per heavy atom. The molecule has 21 heavy (non-hydrogen) atoms. The number of aryl methyl sites for hydroxylation is 1. The Hall–Kier alpha value is -1.53. The van der Waals surface area contributed by atoms with Gasteiger partial charge in [0, 0.05) is 35.5 Å². The topological polar surface area (TPSA) is 45.2 Å². The van der Waals surface area contributed by atoms with E-state index in [9.17, 15) is 4.79 Å². The number of thioether (sulfide) groups is 1. The lowest BCUT2D eigenvalue weighted by molar-refractivity contribution is 0.223. The molecule has 6 heteroatoms. The highest BCUT2D eigenvalue weighted by Crippen LogP contribution is 2.18. The van der Waals surface area contributed by atoms with E-state index >= 15 is 0 Å². The van der Waals surface area contributed by atoms with Crippen LogP contribution in [0.3, 0.4) is 0 Å². The summed E-state index contributed by atoms with van der Waals surface area (Å²) in [5.41, 5.74) is 3.72. The van der Waals surface area contributed by atoms with Gasteiger partial charge in [0.05, 0.1) is 11.2 Å². The number of benzene rings is 1. The lowest BCUT2D eigenvalue weighted by Gasteiger charge is -2.17. The molecule has 4 nitrogen and oxygen atoms in total. The lowest BCUT2D eigenvalue weighted by atomic mass is 10.3. The molecule has 2 aromatic rings. The summed E-state index contributed by atoms with van der Waals surface area (Å²) in [7, 11) is 1.81. The van der Waals surface area contributed by atoms with Crippen LogP contribution in [-0.2, 0) is 6.42 Å². The van der Waals surface area contributed by atoms with E-state index in [2.05, 4.69) is 10.3 Å². The number of urea groups is 1. The molecule has 2 rings (SSSR count). The third-order valence-electron chi connectivity index (χ3n) is 3.21. The summed E-state index contributed by atoms with van der Waals surface area (Å²) < 4.78 is 0. The molecule has 1 N–H and O–H groups in total. The van der Waals surface area contributed by atoms with Crippen LogP contribution in [0.15, 0.2) is 34.7 Å². The summed E-state index contributed by atoms with van der Waals surface area (Å²) in [5, 5.41) is 2.90. The van der Waals surface area contributed by atoms with Crippen LogP contribution in [0.5, 0.6) is 0 Å². The molecule has 0 radical (unpaired) electrons. The van der Waals surface area contributed by atoms with Crippen LogP contribution in [0.2, 0.25) is 0 Å². The predicted octanol–water partition coefficient (Wildman–Crippen LogP) is 3.88. The highest BCUT2D eigenvalue weighted by molar-refractivity contribution is 7.98. The van der Waals surface area contributed by atoms with Gasteiger partial charge in [-0.2, -0.15) is 0 Å². The number of nitrogens with one attached hydrogen (secondary N) is 1. The first-order chi connectivity index (χ1) is 10.1. The molecule has 0 saturated heterocycles. The summed E-state index contributed by atoms with van der Waals surface area (Å²) in [6.07, 6.45) is 2.87. The predicted molar refractivity (Wildman–Crippen MR) is 90.4 cm³/mol. The van der Waals surface area contributed by atoms with Crippen molar-refractivity contribution < 1.29 is 4.79 Å². The van der Waals surface area contributed by atoms with Crippen LogP contribution < -0.4 is 5.32 Å².